The minimum atomic E-state index is -4.81. The number of rotatable bonds is 7. The molecule has 0 unspecified atom stereocenters. The summed E-state index contributed by atoms with van der Waals surface area (Å²) in [6.07, 6.45) is -4.71. The number of allylic oxidation sites excluding steroid dienone is 1. The first-order chi connectivity index (χ1) is 19.2. The highest BCUT2D eigenvalue weighted by Gasteiger charge is 2.38. The average Bonchev–Trinajstić information content (AvgIpc) is 2.91. The molecular weight excluding hydrogens is 593 g/mol. The van der Waals surface area contributed by atoms with Crippen molar-refractivity contribution in [3.05, 3.63) is 87.9 Å². The van der Waals surface area contributed by atoms with E-state index in [9.17, 15) is 30.8 Å². The predicted octanol–water partition coefficient (Wildman–Crippen LogP) is 7.11. The summed E-state index contributed by atoms with van der Waals surface area (Å²) in [5.74, 6) is -2.70. The Bertz CT molecular complexity index is 1600. The lowest BCUT2D eigenvalue weighted by molar-refractivity contribution is -0.141. The molecule has 1 atom stereocenters. The highest BCUT2D eigenvalue weighted by molar-refractivity contribution is 7.92. The number of hydrogen-bond acceptors (Lipinski definition) is 5. The van der Waals surface area contributed by atoms with Crippen LogP contribution in [-0.4, -0.2) is 34.1 Å². The third-order valence-corrected chi connectivity index (χ3v) is 8.45. The molecule has 218 valence electrons. The van der Waals surface area contributed by atoms with Gasteiger partial charge in [-0.15, -0.1) is 0 Å². The summed E-state index contributed by atoms with van der Waals surface area (Å²) >= 11 is 6.14. The molecule has 0 aromatic heterocycles. The van der Waals surface area contributed by atoms with E-state index in [1.54, 1.807) is 0 Å². The van der Waals surface area contributed by atoms with Crippen LogP contribution in [0.15, 0.2) is 59.5 Å². The summed E-state index contributed by atoms with van der Waals surface area (Å²) in [6, 6.07) is 9.53. The first-order valence-corrected chi connectivity index (χ1v) is 13.9. The van der Waals surface area contributed by atoms with Crippen LogP contribution in [0.2, 0.25) is 5.02 Å². The number of nitrogens with zero attached hydrogens (tertiary/aromatic N) is 1. The first kappa shape index (κ1) is 30.3. The van der Waals surface area contributed by atoms with Crippen molar-refractivity contribution in [2.45, 2.75) is 36.9 Å². The van der Waals surface area contributed by atoms with Crippen LogP contribution in [0.25, 0.3) is 11.6 Å². The largest absolute Gasteiger partial charge is 0.483 e. The monoisotopic (exact) mass is 615 g/mol. The fourth-order valence-corrected chi connectivity index (χ4v) is 6.24. The molecule has 3 aromatic rings. The number of ether oxygens (including phenoxy) is 2. The maximum Gasteiger partial charge on any atom is 0.416 e. The minimum Gasteiger partial charge on any atom is -0.483 e. The smallest absolute Gasteiger partial charge is 0.416 e. The summed E-state index contributed by atoms with van der Waals surface area (Å²) in [6.45, 7) is 1.09. The Hall–Kier alpha value is -3.64. The summed E-state index contributed by atoms with van der Waals surface area (Å²) < 4.78 is 109. The van der Waals surface area contributed by atoms with Crippen LogP contribution in [0, 0.1) is 11.6 Å². The number of sulfonamides is 1. The molecule has 41 heavy (non-hydrogen) atoms. The summed E-state index contributed by atoms with van der Waals surface area (Å²) in [4.78, 5) is 11.0. The third-order valence-electron chi connectivity index (χ3n) is 6.36. The zero-order valence-corrected chi connectivity index (χ0v) is 23.2. The molecule has 4 rings (SSSR count). The molecule has 0 N–H and O–H groups in total. The fourth-order valence-electron chi connectivity index (χ4n) is 4.39. The molecule has 0 saturated heterocycles. The lowest BCUT2D eigenvalue weighted by Crippen LogP contribution is -2.44. The predicted molar refractivity (Wildman–Crippen MR) is 143 cm³/mol. The lowest BCUT2D eigenvalue weighted by atomic mass is 10.0. The van der Waals surface area contributed by atoms with Gasteiger partial charge < -0.3 is 9.47 Å². The van der Waals surface area contributed by atoms with Gasteiger partial charge in [-0.25, -0.2) is 17.2 Å². The Morgan fingerprint density at radius 2 is 1.83 bits per heavy atom. The van der Waals surface area contributed by atoms with Gasteiger partial charge in [-0.1, -0.05) is 29.8 Å². The van der Waals surface area contributed by atoms with Crippen LogP contribution in [0.5, 0.6) is 5.75 Å². The third kappa shape index (κ3) is 6.48. The molecule has 1 heterocycles. The lowest BCUT2D eigenvalue weighted by Gasteiger charge is -2.36. The molecule has 0 radical (unpaired) electrons. The molecule has 0 fully saturated rings. The van der Waals surface area contributed by atoms with E-state index in [0.29, 0.717) is 11.6 Å². The van der Waals surface area contributed by atoms with E-state index < -0.39 is 62.7 Å². The summed E-state index contributed by atoms with van der Waals surface area (Å²) in [7, 11) is -3.53. The zero-order chi connectivity index (χ0) is 30.1. The van der Waals surface area contributed by atoms with E-state index in [-0.39, 0.29) is 34.7 Å². The number of benzene rings is 3. The van der Waals surface area contributed by atoms with Crippen molar-refractivity contribution in [3.63, 3.8) is 0 Å². The topological polar surface area (TPSA) is 72.9 Å². The highest BCUT2D eigenvalue weighted by atomic mass is 35.5. The van der Waals surface area contributed by atoms with Crippen molar-refractivity contribution in [2.24, 2.45) is 0 Å². The minimum absolute atomic E-state index is 0.0554. The first-order valence-electron chi connectivity index (χ1n) is 12.1. The second-order valence-electron chi connectivity index (χ2n) is 9.19. The average molecular weight is 616 g/mol. The number of anilines is 1. The summed E-state index contributed by atoms with van der Waals surface area (Å²) in [5.41, 5.74) is -1.00. The fraction of sp³-hybridized carbons (Fsp3) is 0.250. The second kappa shape index (κ2) is 11.7. The van der Waals surface area contributed by atoms with Gasteiger partial charge in [0.1, 0.15) is 11.9 Å². The van der Waals surface area contributed by atoms with Gasteiger partial charge in [0.15, 0.2) is 11.6 Å². The van der Waals surface area contributed by atoms with Crippen molar-refractivity contribution in [1.82, 2.24) is 0 Å². The van der Waals surface area contributed by atoms with Crippen molar-refractivity contribution < 1.29 is 44.6 Å². The van der Waals surface area contributed by atoms with E-state index in [1.165, 1.54) is 37.3 Å². The molecule has 0 amide bonds. The van der Waals surface area contributed by atoms with E-state index in [1.807, 2.05) is 0 Å². The van der Waals surface area contributed by atoms with Crippen LogP contribution < -0.4 is 9.04 Å². The molecular formula is C28H23ClF5NO5S. The second-order valence-corrected chi connectivity index (χ2v) is 11.5. The number of carbonyl (C=O) groups is 1. The molecule has 1 aliphatic rings. The Kier molecular flexibility index (Phi) is 8.65. The molecule has 6 nitrogen and oxygen atoms in total. The van der Waals surface area contributed by atoms with Crippen molar-refractivity contribution in [3.8, 4) is 5.75 Å². The van der Waals surface area contributed by atoms with Gasteiger partial charge in [-0.05, 0) is 66.9 Å². The van der Waals surface area contributed by atoms with E-state index in [4.69, 9.17) is 16.3 Å². The quantitative estimate of drug-likeness (QED) is 0.161. The van der Waals surface area contributed by atoms with Crippen LogP contribution in [0.4, 0.5) is 27.6 Å². The molecule has 0 bridgehead atoms. The van der Waals surface area contributed by atoms with Crippen molar-refractivity contribution in [2.75, 3.05) is 18.0 Å². The molecule has 0 spiro atoms. The maximum absolute atomic E-state index is 15.4. The van der Waals surface area contributed by atoms with E-state index in [2.05, 4.69) is 4.74 Å². The van der Waals surface area contributed by atoms with Crippen LogP contribution in [-0.2, 0) is 25.7 Å². The number of esters is 1. The normalized spacial score (nSPS) is 15.8. The number of carbonyl (C=O) groups excluding carboxylic acids is 1. The Labute approximate surface area is 238 Å². The van der Waals surface area contributed by atoms with Gasteiger partial charge in [0.05, 0.1) is 34.8 Å². The standard InChI is InChI=1S/C28H23ClF5NO5S/c1-16(26-21(29)7-4-8-22(26)30)11-17-12-23(31)27-24(13-17)35(15-19(40-27)9-10-25(36)39-2)41(37,38)20-6-3-5-18(14-20)28(32,33)34/h3-8,11-14,19H,9-10,15H2,1-2H3/b16-11+/t19-/m0/s1. The molecule has 0 aliphatic carbocycles. The van der Waals surface area contributed by atoms with Gasteiger partial charge in [0.25, 0.3) is 10.0 Å². The van der Waals surface area contributed by atoms with Gasteiger partial charge in [-0.3, -0.25) is 9.10 Å². The Morgan fingerprint density at radius 1 is 1.12 bits per heavy atom. The highest BCUT2D eigenvalue weighted by Crippen LogP contribution is 2.42. The number of hydrogen-bond donors (Lipinski definition) is 0. The van der Waals surface area contributed by atoms with Crippen molar-refractivity contribution in [1.29, 1.82) is 0 Å². The van der Waals surface area contributed by atoms with Crippen LogP contribution in [0.3, 0.4) is 0 Å². The van der Waals surface area contributed by atoms with Gasteiger partial charge >= 0.3 is 12.1 Å². The number of alkyl halides is 3. The van der Waals surface area contributed by atoms with Gasteiger partial charge in [0.2, 0.25) is 0 Å². The number of halogens is 6. The molecule has 3 aromatic carbocycles. The number of methoxy groups -OCH3 is 1. The van der Waals surface area contributed by atoms with Gasteiger partial charge in [-0.2, -0.15) is 13.2 Å². The van der Waals surface area contributed by atoms with Crippen molar-refractivity contribution >= 4 is 44.9 Å². The molecule has 1 aliphatic heterocycles. The SMILES string of the molecule is COC(=O)CC[C@H]1CN(S(=O)(=O)c2cccc(C(F)(F)F)c2)c2cc(/C=C(\C)c3c(F)cccc3Cl)cc(F)c2O1. The number of fused-ring (bicyclic) bond motifs is 1. The van der Waals surface area contributed by atoms with E-state index >= 15 is 4.39 Å². The molecule has 13 heteroatoms. The van der Waals surface area contributed by atoms with Crippen LogP contribution in [0.1, 0.15) is 36.5 Å². The molecule has 0 saturated carbocycles. The maximum atomic E-state index is 15.4. The van der Waals surface area contributed by atoms with E-state index in [0.717, 1.165) is 35.7 Å². The van der Waals surface area contributed by atoms with Gasteiger partial charge in [0, 0.05) is 12.0 Å². The zero-order valence-electron chi connectivity index (χ0n) is 21.6. The van der Waals surface area contributed by atoms with Crippen LogP contribution >= 0.6 is 11.6 Å². The summed E-state index contributed by atoms with van der Waals surface area (Å²) in [5, 5.41) is 0.0997. The Morgan fingerprint density at radius 3 is 2.49 bits per heavy atom. The Balaban J connectivity index is 1.84.